The van der Waals surface area contributed by atoms with Crippen LogP contribution in [0.1, 0.15) is 26.7 Å². The van der Waals surface area contributed by atoms with Crippen LogP contribution in [0.4, 0.5) is 0 Å². The molecule has 0 heterocycles. The molecule has 0 aromatic carbocycles. The fourth-order valence-corrected chi connectivity index (χ4v) is 1.78. The predicted octanol–water partition coefficient (Wildman–Crippen LogP) is 0.345. The number of hydrogen-bond donors (Lipinski definition) is 1. The molecule has 0 aromatic rings. The van der Waals surface area contributed by atoms with Gasteiger partial charge in [0.15, 0.2) is 0 Å². The summed E-state index contributed by atoms with van der Waals surface area (Å²) in [4.78, 5) is 15.3. The molecule has 6 nitrogen and oxygen atoms in total. The third kappa shape index (κ3) is 9.01. The van der Waals surface area contributed by atoms with E-state index in [0.29, 0.717) is 19.6 Å². The minimum absolute atomic E-state index is 0.128. The van der Waals surface area contributed by atoms with Gasteiger partial charge in [0.1, 0.15) is 0 Å². The third-order valence-corrected chi connectivity index (χ3v) is 2.40. The first-order valence-corrected chi connectivity index (χ1v) is 6.22. The van der Waals surface area contributed by atoms with Crippen molar-refractivity contribution in [3.05, 3.63) is 0 Å². The Hall–Kier alpha value is -1.63. The second-order valence-corrected chi connectivity index (χ2v) is 5.18. The van der Waals surface area contributed by atoms with Crippen molar-refractivity contribution in [2.75, 3.05) is 33.2 Å². The standard InChI is InChI=1S/C13H22N4O2/c1-13(2,19)11-16(3)10-12(18)17(8-4-6-14)9-5-7-15/h19H,4-5,8-11H2,1-3H3. The van der Waals surface area contributed by atoms with E-state index >= 15 is 0 Å². The maximum absolute atomic E-state index is 12.0. The van der Waals surface area contributed by atoms with Gasteiger partial charge in [0.2, 0.25) is 5.91 Å². The molecule has 1 amide bonds. The van der Waals surface area contributed by atoms with Crippen LogP contribution >= 0.6 is 0 Å². The van der Waals surface area contributed by atoms with Gasteiger partial charge in [-0.05, 0) is 20.9 Å². The van der Waals surface area contributed by atoms with Gasteiger partial charge in [0, 0.05) is 19.6 Å². The molecule has 6 heteroatoms. The predicted molar refractivity (Wildman–Crippen MR) is 70.8 cm³/mol. The quantitative estimate of drug-likeness (QED) is 0.684. The molecule has 0 bridgehead atoms. The lowest BCUT2D eigenvalue weighted by Crippen LogP contribution is -2.44. The fraction of sp³-hybridized carbons (Fsp3) is 0.769. The lowest BCUT2D eigenvalue weighted by molar-refractivity contribution is -0.132. The van der Waals surface area contributed by atoms with Crippen LogP contribution in [0, 0.1) is 22.7 Å². The second-order valence-electron chi connectivity index (χ2n) is 5.18. The molecule has 0 saturated carbocycles. The van der Waals surface area contributed by atoms with Crippen molar-refractivity contribution in [2.45, 2.75) is 32.3 Å². The van der Waals surface area contributed by atoms with E-state index in [1.165, 1.54) is 4.90 Å². The van der Waals surface area contributed by atoms with E-state index in [1.54, 1.807) is 25.8 Å². The largest absolute Gasteiger partial charge is 0.389 e. The Morgan fingerprint density at radius 1 is 1.21 bits per heavy atom. The molecule has 0 saturated heterocycles. The molecule has 0 unspecified atom stereocenters. The summed E-state index contributed by atoms with van der Waals surface area (Å²) in [7, 11) is 1.75. The zero-order valence-corrected chi connectivity index (χ0v) is 11.9. The average Bonchev–Trinajstić information content (AvgIpc) is 2.26. The molecular weight excluding hydrogens is 244 g/mol. The van der Waals surface area contributed by atoms with Crippen molar-refractivity contribution in [1.82, 2.24) is 9.80 Å². The maximum Gasteiger partial charge on any atom is 0.236 e. The first kappa shape index (κ1) is 17.4. The molecule has 0 atom stereocenters. The Morgan fingerprint density at radius 2 is 1.68 bits per heavy atom. The molecule has 106 valence electrons. The zero-order chi connectivity index (χ0) is 14.9. The Balaban J connectivity index is 4.38. The number of likely N-dealkylation sites (N-methyl/N-ethyl adjacent to an activating group) is 1. The number of aliphatic hydroxyl groups is 1. The lowest BCUT2D eigenvalue weighted by Gasteiger charge is -2.28. The number of hydrogen-bond acceptors (Lipinski definition) is 5. The summed E-state index contributed by atoms with van der Waals surface area (Å²) in [5.41, 5.74) is -0.862. The van der Waals surface area contributed by atoms with Crippen LogP contribution in [0.2, 0.25) is 0 Å². The van der Waals surface area contributed by atoms with E-state index in [1.807, 2.05) is 12.1 Å². The molecule has 0 radical (unpaired) electrons. The van der Waals surface area contributed by atoms with Gasteiger partial charge >= 0.3 is 0 Å². The highest BCUT2D eigenvalue weighted by molar-refractivity contribution is 5.78. The van der Waals surface area contributed by atoms with Crippen molar-refractivity contribution in [2.24, 2.45) is 0 Å². The summed E-state index contributed by atoms with van der Waals surface area (Å²) >= 11 is 0. The smallest absolute Gasteiger partial charge is 0.236 e. The van der Waals surface area contributed by atoms with E-state index in [4.69, 9.17) is 10.5 Å². The molecular formula is C13H22N4O2. The zero-order valence-electron chi connectivity index (χ0n) is 11.9. The van der Waals surface area contributed by atoms with Gasteiger partial charge in [0.05, 0.1) is 37.1 Å². The lowest BCUT2D eigenvalue weighted by atomic mass is 10.1. The molecule has 0 aliphatic carbocycles. The Kier molecular flexibility index (Phi) is 7.74. The van der Waals surface area contributed by atoms with Gasteiger partial charge in [-0.15, -0.1) is 0 Å². The van der Waals surface area contributed by atoms with Crippen LogP contribution in [-0.2, 0) is 4.79 Å². The van der Waals surface area contributed by atoms with E-state index < -0.39 is 5.60 Å². The van der Waals surface area contributed by atoms with Gasteiger partial charge in [-0.3, -0.25) is 9.69 Å². The summed E-state index contributed by atoms with van der Waals surface area (Å²) in [5.74, 6) is -0.128. The van der Waals surface area contributed by atoms with Crippen molar-refractivity contribution >= 4 is 5.91 Å². The molecule has 1 N–H and O–H groups in total. The molecule has 0 rings (SSSR count). The monoisotopic (exact) mass is 266 g/mol. The summed E-state index contributed by atoms with van der Waals surface area (Å²) in [6, 6.07) is 3.98. The molecule has 19 heavy (non-hydrogen) atoms. The Bertz CT molecular complexity index is 344. The van der Waals surface area contributed by atoms with Crippen LogP contribution in [0.3, 0.4) is 0 Å². The Labute approximate surface area is 114 Å². The SMILES string of the molecule is CN(CC(=O)N(CCC#N)CCC#N)CC(C)(C)O. The highest BCUT2D eigenvalue weighted by atomic mass is 16.3. The van der Waals surface area contributed by atoms with E-state index in [9.17, 15) is 9.90 Å². The topological polar surface area (TPSA) is 91.4 Å². The first-order chi connectivity index (χ1) is 8.80. The number of rotatable bonds is 8. The fourth-order valence-electron chi connectivity index (χ4n) is 1.78. The van der Waals surface area contributed by atoms with Crippen LogP contribution in [0.5, 0.6) is 0 Å². The highest BCUT2D eigenvalue weighted by Crippen LogP contribution is 2.04. The van der Waals surface area contributed by atoms with Crippen molar-refractivity contribution in [3.63, 3.8) is 0 Å². The van der Waals surface area contributed by atoms with Crippen LogP contribution in [-0.4, -0.2) is 59.6 Å². The van der Waals surface area contributed by atoms with Gasteiger partial charge < -0.3 is 10.0 Å². The number of carbonyl (C=O) groups excluding carboxylic acids is 1. The van der Waals surface area contributed by atoms with Gasteiger partial charge in [-0.2, -0.15) is 10.5 Å². The molecule has 0 aliphatic rings. The highest BCUT2D eigenvalue weighted by Gasteiger charge is 2.20. The van der Waals surface area contributed by atoms with Crippen LogP contribution in [0.15, 0.2) is 0 Å². The molecule has 0 spiro atoms. The van der Waals surface area contributed by atoms with Crippen molar-refractivity contribution < 1.29 is 9.90 Å². The van der Waals surface area contributed by atoms with Crippen molar-refractivity contribution in [3.8, 4) is 12.1 Å². The third-order valence-electron chi connectivity index (χ3n) is 2.40. The Morgan fingerprint density at radius 3 is 2.05 bits per heavy atom. The van der Waals surface area contributed by atoms with Crippen LogP contribution < -0.4 is 0 Å². The van der Waals surface area contributed by atoms with Gasteiger partial charge in [-0.25, -0.2) is 0 Å². The number of carbonyl (C=O) groups is 1. The maximum atomic E-state index is 12.0. The average molecular weight is 266 g/mol. The summed E-state index contributed by atoms with van der Waals surface area (Å²) in [6.45, 7) is 4.58. The van der Waals surface area contributed by atoms with E-state index in [-0.39, 0.29) is 25.3 Å². The van der Waals surface area contributed by atoms with E-state index in [2.05, 4.69) is 0 Å². The number of nitrogens with zero attached hydrogens (tertiary/aromatic N) is 4. The molecule has 0 aromatic heterocycles. The normalized spacial score (nSPS) is 10.9. The van der Waals surface area contributed by atoms with E-state index in [0.717, 1.165) is 0 Å². The number of amides is 1. The summed E-state index contributed by atoms with van der Waals surface area (Å²) in [6.07, 6.45) is 0.513. The number of nitriles is 2. The van der Waals surface area contributed by atoms with Crippen molar-refractivity contribution in [1.29, 1.82) is 10.5 Å². The van der Waals surface area contributed by atoms with Gasteiger partial charge in [-0.1, -0.05) is 0 Å². The summed E-state index contributed by atoms with van der Waals surface area (Å²) in [5, 5.41) is 26.8. The first-order valence-electron chi connectivity index (χ1n) is 6.22. The van der Waals surface area contributed by atoms with Crippen LogP contribution in [0.25, 0.3) is 0 Å². The van der Waals surface area contributed by atoms with Gasteiger partial charge in [0.25, 0.3) is 0 Å². The second kappa shape index (κ2) is 8.47. The minimum Gasteiger partial charge on any atom is -0.389 e. The summed E-state index contributed by atoms with van der Waals surface area (Å²) < 4.78 is 0. The molecule has 0 fully saturated rings. The minimum atomic E-state index is -0.862. The molecule has 0 aliphatic heterocycles.